The highest BCUT2D eigenvalue weighted by molar-refractivity contribution is 5.89. The number of carbonyl (C=O) groups is 1. The number of rotatable bonds is 5. The predicted molar refractivity (Wildman–Crippen MR) is 81.6 cm³/mol. The van der Waals surface area contributed by atoms with Gasteiger partial charge in [-0.3, -0.25) is 0 Å². The molecule has 0 N–H and O–H groups in total. The third-order valence-corrected chi connectivity index (χ3v) is 4.15. The molecule has 3 nitrogen and oxygen atoms in total. The number of esters is 1. The van der Waals surface area contributed by atoms with Crippen LogP contribution in [0.3, 0.4) is 0 Å². The molecule has 0 aromatic heterocycles. The number of hydrogen-bond donors (Lipinski definition) is 0. The number of allylic oxidation sites excluding steroid dienone is 2. The number of benzene rings is 1. The lowest BCUT2D eigenvalue weighted by atomic mass is 9.84. The molecule has 1 saturated carbocycles. The van der Waals surface area contributed by atoms with Crippen molar-refractivity contribution in [2.45, 2.75) is 44.6 Å². The third kappa shape index (κ3) is 5.48. The fourth-order valence-electron chi connectivity index (χ4n) is 2.84. The quantitative estimate of drug-likeness (QED) is 0.584. The van der Waals surface area contributed by atoms with Crippen LogP contribution in [-0.2, 0) is 4.74 Å². The zero-order chi connectivity index (χ0) is 16.7. The molecule has 1 fully saturated rings. The molecule has 0 heterocycles. The summed E-state index contributed by atoms with van der Waals surface area (Å²) < 4.78 is 31.0. The monoisotopic (exact) mass is 319 g/mol. The smallest absolute Gasteiger partial charge is 0.338 e. The van der Waals surface area contributed by atoms with Crippen molar-refractivity contribution >= 4 is 5.97 Å². The maximum atomic E-state index is 12.8. The van der Waals surface area contributed by atoms with E-state index in [4.69, 9.17) is 10.00 Å². The van der Waals surface area contributed by atoms with Gasteiger partial charge in [0, 0.05) is 0 Å². The lowest BCUT2D eigenvalue weighted by Gasteiger charge is -2.28. The van der Waals surface area contributed by atoms with Crippen molar-refractivity contribution in [1.82, 2.24) is 0 Å². The average molecular weight is 319 g/mol. The van der Waals surface area contributed by atoms with Gasteiger partial charge >= 0.3 is 5.97 Å². The SMILES string of the molecule is N#CC(F)=CCCC1CCC(OC(=O)c2ccc(F)cc2)CC1. The van der Waals surface area contributed by atoms with Crippen LogP contribution in [0, 0.1) is 23.1 Å². The molecule has 5 heteroatoms. The van der Waals surface area contributed by atoms with E-state index in [1.54, 1.807) is 0 Å². The van der Waals surface area contributed by atoms with Gasteiger partial charge in [0.15, 0.2) is 5.83 Å². The molecule has 0 bridgehead atoms. The normalized spacial score (nSPS) is 21.5. The summed E-state index contributed by atoms with van der Waals surface area (Å²) in [6.45, 7) is 0. The van der Waals surface area contributed by atoms with Crippen molar-refractivity contribution in [3.8, 4) is 6.07 Å². The molecule has 1 aromatic carbocycles. The largest absolute Gasteiger partial charge is 0.459 e. The summed E-state index contributed by atoms with van der Waals surface area (Å²) in [5.41, 5.74) is 0.352. The Kier molecular flexibility index (Phi) is 6.28. The van der Waals surface area contributed by atoms with Crippen LogP contribution >= 0.6 is 0 Å². The first-order chi connectivity index (χ1) is 11.1. The first-order valence-electron chi connectivity index (χ1n) is 7.81. The molecule has 1 aliphatic carbocycles. The molecule has 0 spiro atoms. The highest BCUT2D eigenvalue weighted by atomic mass is 19.1. The van der Waals surface area contributed by atoms with Gasteiger partial charge in [-0.2, -0.15) is 9.65 Å². The Morgan fingerprint density at radius 2 is 1.91 bits per heavy atom. The summed E-state index contributed by atoms with van der Waals surface area (Å²) in [5.74, 6) is -1.07. The summed E-state index contributed by atoms with van der Waals surface area (Å²) in [7, 11) is 0. The van der Waals surface area contributed by atoms with Crippen LogP contribution in [0.1, 0.15) is 48.9 Å². The van der Waals surface area contributed by atoms with E-state index >= 15 is 0 Å². The van der Waals surface area contributed by atoms with Crippen molar-refractivity contribution in [1.29, 1.82) is 5.26 Å². The van der Waals surface area contributed by atoms with E-state index in [2.05, 4.69) is 0 Å². The summed E-state index contributed by atoms with van der Waals surface area (Å²) in [6.07, 6.45) is 6.00. The minimum Gasteiger partial charge on any atom is -0.459 e. The molecule has 1 aromatic rings. The average Bonchev–Trinajstić information content (AvgIpc) is 2.56. The van der Waals surface area contributed by atoms with E-state index in [-0.39, 0.29) is 11.9 Å². The van der Waals surface area contributed by atoms with Crippen LogP contribution in [-0.4, -0.2) is 12.1 Å². The predicted octanol–water partition coefficient (Wildman–Crippen LogP) is 4.70. The molecule has 0 aliphatic heterocycles. The first-order valence-corrected chi connectivity index (χ1v) is 7.81. The summed E-state index contributed by atoms with van der Waals surface area (Å²) >= 11 is 0. The Morgan fingerprint density at radius 3 is 2.52 bits per heavy atom. The second-order valence-electron chi connectivity index (χ2n) is 5.80. The van der Waals surface area contributed by atoms with Crippen molar-refractivity contribution in [2.24, 2.45) is 5.92 Å². The fraction of sp³-hybridized carbons (Fsp3) is 0.444. The molecule has 0 atom stereocenters. The van der Waals surface area contributed by atoms with Gasteiger partial charge in [0.25, 0.3) is 0 Å². The standard InChI is InChI=1S/C18H19F2NO2/c19-15-8-6-14(7-9-15)18(22)23-17-10-4-13(5-11-17)2-1-3-16(20)12-21/h3,6-9,13,17H,1-2,4-5,10-11H2. The van der Waals surface area contributed by atoms with Gasteiger partial charge in [-0.05, 0) is 74.8 Å². The number of nitrogens with zero attached hydrogens (tertiary/aromatic N) is 1. The van der Waals surface area contributed by atoms with E-state index in [0.717, 1.165) is 32.1 Å². The number of carbonyl (C=O) groups excluding carboxylic acids is 1. The number of nitriles is 1. The molecule has 2 rings (SSSR count). The maximum absolute atomic E-state index is 12.8. The summed E-state index contributed by atoms with van der Waals surface area (Å²) in [6, 6.07) is 6.77. The van der Waals surface area contributed by atoms with Gasteiger partial charge in [-0.15, -0.1) is 0 Å². The van der Waals surface area contributed by atoms with E-state index < -0.39 is 11.8 Å². The number of hydrogen-bond acceptors (Lipinski definition) is 3. The lowest BCUT2D eigenvalue weighted by Crippen LogP contribution is -2.24. The van der Waals surface area contributed by atoms with Crippen LogP contribution in [0.25, 0.3) is 0 Å². The zero-order valence-corrected chi connectivity index (χ0v) is 12.8. The second kappa shape index (κ2) is 8.42. The summed E-state index contributed by atoms with van der Waals surface area (Å²) in [5, 5.41) is 8.34. The van der Waals surface area contributed by atoms with E-state index in [1.807, 2.05) is 0 Å². The molecule has 23 heavy (non-hydrogen) atoms. The van der Waals surface area contributed by atoms with Crippen LogP contribution in [0.4, 0.5) is 8.78 Å². The second-order valence-corrected chi connectivity index (χ2v) is 5.80. The third-order valence-electron chi connectivity index (χ3n) is 4.15. The minimum absolute atomic E-state index is 0.116. The van der Waals surface area contributed by atoms with Crippen molar-refractivity contribution in [3.05, 3.63) is 47.5 Å². The van der Waals surface area contributed by atoms with Crippen molar-refractivity contribution in [2.75, 3.05) is 0 Å². The summed E-state index contributed by atoms with van der Waals surface area (Å²) in [4.78, 5) is 12.0. The van der Waals surface area contributed by atoms with Crippen LogP contribution < -0.4 is 0 Å². The van der Waals surface area contributed by atoms with E-state index in [1.165, 1.54) is 36.4 Å². The molecular formula is C18H19F2NO2. The minimum atomic E-state index is -0.730. The van der Waals surface area contributed by atoms with Gasteiger partial charge in [0.2, 0.25) is 0 Å². The molecule has 1 aliphatic rings. The fourth-order valence-corrected chi connectivity index (χ4v) is 2.84. The van der Waals surface area contributed by atoms with Crippen LogP contribution in [0.15, 0.2) is 36.2 Å². The Morgan fingerprint density at radius 1 is 1.26 bits per heavy atom. The number of ether oxygens (including phenoxy) is 1. The molecule has 0 amide bonds. The molecule has 0 saturated heterocycles. The first kappa shape index (κ1) is 17.1. The Bertz CT molecular complexity index is 596. The zero-order valence-electron chi connectivity index (χ0n) is 12.8. The molecule has 0 radical (unpaired) electrons. The van der Waals surface area contributed by atoms with Crippen LogP contribution in [0.5, 0.6) is 0 Å². The van der Waals surface area contributed by atoms with Gasteiger partial charge in [-0.25, -0.2) is 9.18 Å². The van der Waals surface area contributed by atoms with E-state index in [0.29, 0.717) is 17.9 Å². The topological polar surface area (TPSA) is 50.1 Å². The molecule has 0 unspecified atom stereocenters. The van der Waals surface area contributed by atoms with Gasteiger partial charge in [-0.1, -0.05) is 0 Å². The van der Waals surface area contributed by atoms with Crippen molar-refractivity contribution in [3.63, 3.8) is 0 Å². The highest BCUT2D eigenvalue weighted by Gasteiger charge is 2.24. The Labute approximate surface area is 134 Å². The maximum Gasteiger partial charge on any atom is 0.338 e. The highest BCUT2D eigenvalue weighted by Crippen LogP contribution is 2.30. The van der Waals surface area contributed by atoms with Crippen molar-refractivity contribution < 1.29 is 18.3 Å². The van der Waals surface area contributed by atoms with Gasteiger partial charge in [0.1, 0.15) is 18.0 Å². The number of halogens is 2. The van der Waals surface area contributed by atoms with E-state index in [9.17, 15) is 13.6 Å². The Hall–Kier alpha value is -2.22. The molecule has 122 valence electrons. The molecular weight excluding hydrogens is 300 g/mol. The Balaban J connectivity index is 1.73. The van der Waals surface area contributed by atoms with Gasteiger partial charge in [0.05, 0.1) is 5.56 Å². The van der Waals surface area contributed by atoms with Crippen LogP contribution in [0.2, 0.25) is 0 Å². The van der Waals surface area contributed by atoms with Gasteiger partial charge < -0.3 is 4.74 Å². The lowest BCUT2D eigenvalue weighted by molar-refractivity contribution is 0.0162.